The Bertz CT molecular complexity index is 301. The minimum atomic E-state index is -0.434. The molecule has 1 aliphatic heterocycles. The van der Waals surface area contributed by atoms with Gasteiger partial charge in [0.05, 0.1) is 19.1 Å². The maximum Gasteiger partial charge on any atom is 0.306 e. The van der Waals surface area contributed by atoms with E-state index in [1.165, 1.54) is 0 Å². The van der Waals surface area contributed by atoms with Gasteiger partial charge in [-0.3, -0.25) is 4.79 Å². The molecule has 2 aliphatic rings. The number of ether oxygens (including phenoxy) is 3. The molecule has 0 radical (unpaired) electrons. The molecule has 0 aromatic rings. The molecular formula is C12H20O5. The van der Waals surface area contributed by atoms with Crippen molar-refractivity contribution in [1.82, 2.24) is 0 Å². The Kier molecular flexibility index (Phi) is 3.43. The lowest BCUT2D eigenvalue weighted by Crippen LogP contribution is -2.68. The lowest BCUT2D eigenvalue weighted by molar-refractivity contribution is -0.259. The molecule has 17 heavy (non-hydrogen) atoms. The number of esters is 1. The largest absolute Gasteiger partial charge is 0.461 e. The van der Waals surface area contributed by atoms with E-state index < -0.39 is 6.10 Å². The summed E-state index contributed by atoms with van der Waals surface area (Å²) in [6.45, 7) is 4.48. The van der Waals surface area contributed by atoms with E-state index in [0.717, 1.165) is 0 Å². The van der Waals surface area contributed by atoms with Crippen LogP contribution in [0.15, 0.2) is 0 Å². The van der Waals surface area contributed by atoms with Crippen molar-refractivity contribution in [3.63, 3.8) is 0 Å². The highest BCUT2D eigenvalue weighted by Crippen LogP contribution is 2.53. The van der Waals surface area contributed by atoms with Crippen LogP contribution in [0, 0.1) is 17.3 Å². The monoisotopic (exact) mass is 244 g/mol. The number of aliphatic hydroxyl groups excluding tert-OH is 1. The van der Waals surface area contributed by atoms with Crippen LogP contribution in [-0.2, 0) is 19.0 Å². The van der Waals surface area contributed by atoms with Gasteiger partial charge in [0.25, 0.3) is 0 Å². The first-order chi connectivity index (χ1) is 7.98. The van der Waals surface area contributed by atoms with Crippen LogP contribution in [-0.4, -0.2) is 43.8 Å². The summed E-state index contributed by atoms with van der Waals surface area (Å²) in [5.74, 6) is -0.170. The Morgan fingerprint density at radius 1 is 1.53 bits per heavy atom. The second kappa shape index (κ2) is 4.55. The quantitative estimate of drug-likeness (QED) is 0.444. The molecule has 1 aliphatic carbocycles. The standard InChI is InChI=1S/C12H20O5/c1-12(2)10(14)9-7(5-16-6-15-3)4-8(13)17-11(9)12/h7,9-11,14H,4-6H2,1-3H3/t7-,9+,10+,11+/m1/s1. The number of hydrogen-bond acceptors (Lipinski definition) is 5. The highest BCUT2D eigenvalue weighted by molar-refractivity contribution is 5.71. The van der Waals surface area contributed by atoms with E-state index in [0.29, 0.717) is 13.0 Å². The summed E-state index contributed by atoms with van der Waals surface area (Å²) in [6, 6.07) is 0. The van der Waals surface area contributed by atoms with Gasteiger partial charge in [0, 0.05) is 24.4 Å². The molecule has 2 fully saturated rings. The van der Waals surface area contributed by atoms with Crippen LogP contribution in [0.1, 0.15) is 20.3 Å². The number of rotatable bonds is 4. The predicted molar refractivity (Wildman–Crippen MR) is 59.1 cm³/mol. The summed E-state index contributed by atoms with van der Waals surface area (Å²) >= 11 is 0. The topological polar surface area (TPSA) is 65.0 Å². The van der Waals surface area contributed by atoms with E-state index in [1.54, 1.807) is 7.11 Å². The summed E-state index contributed by atoms with van der Waals surface area (Å²) in [4.78, 5) is 11.5. The Balaban J connectivity index is 1.99. The Labute approximate surface area is 101 Å². The van der Waals surface area contributed by atoms with E-state index >= 15 is 0 Å². The van der Waals surface area contributed by atoms with E-state index in [1.807, 2.05) is 13.8 Å². The molecule has 5 heteroatoms. The zero-order valence-electron chi connectivity index (χ0n) is 10.5. The van der Waals surface area contributed by atoms with Crippen molar-refractivity contribution in [1.29, 1.82) is 0 Å². The lowest BCUT2D eigenvalue weighted by atomic mass is 9.54. The van der Waals surface area contributed by atoms with E-state index in [2.05, 4.69) is 0 Å². The molecule has 0 aromatic carbocycles. The summed E-state index contributed by atoms with van der Waals surface area (Å²) in [6.07, 6.45) is -0.301. The molecule has 1 saturated carbocycles. The number of fused-ring (bicyclic) bond motifs is 1. The fourth-order valence-corrected chi connectivity index (χ4v) is 2.94. The molecule has 0 bridgehead atoms. The second-order valence-electron chi connectivity index (χ2n) is 5.50. The summed E-state index contributed by atoms with van der Waals surface area (Å²) in [5.41, 5.74) is -0.347. The van der Waals surface area contributed by atoms with Gasteiger partial charge in [-0.05, 0) is 0 Å². The van der Waals surface area contributed by atoms with E-state index in [4.69, 9.17) is 14.2 Å². The average molecular weight is 244 g/mol. The van der Waals surface area contributed by atoms with Gasteiger partial charge in [-0.15, -0.1) is 0 Å². The highest BCUT2D eigenvalue weighted by atomic mass is 16.7. The number of hydrogen-bond donors (Lipinski definition) is 1. The van der Waals surface area contributed by atoms with Gasteiger partial charge < -0.3 is 19.3 Å². The van der Waals surface area contributed by atoms with Crippen LogP contribution < -0.4 is 0 Å². The Morgan fingerprint density at radius 3 is 2.88 bits per heavy atom. The third kappa shape index (κ3) is 2.07. The summed E-state index contributed by atoms with van der Waals surface area (Å²) in [5, 5.41) is 10.1. The fraction of sp³-hybridized carbons (Fsp3) is 0.917. The van der Waals surface area contributed by atoms with Crippen molar-refractivity contribution in [2.45, 2.75) is 32.5 Å². The Morgan fingerprint density at radius 2 is 2.24 bits per heavy atom. The molecule has 0 aromatic heterocycles. The zero-order chi connectivity index (χ0) is 12.6. The van der Waals surface area contributed by atoms with Gasteiger partial charge in [0.15, 0.2) is 0 Å². The maximum atomic E-state index is 11.5. The molecule has 1 heterocycles. The van der Waals surface area contributed by atoms with E-state index in [9.17, 15) is 9.90 Å². The van der Waals surface area contributed by atoms with Crippen LogP contribution >= 0.6 is 0 Å². The molecule has 5 nitrogen and oxygen atoms in total. The summed E-state index contributed by atoms with van der Waals surface area (Å²) in [7, 11) is 1.55. The van der Waals surface area contributed by atoms with Crippen molar-refractivity contribution in [2.75, 3.05) is 20.5 Å². The minimum Gasteiger partial charge on any atom is -0.461 e. The maximum absolute atomic E-state index is 11.5. The number of aliphatic hydroxyl groups is 1. The number of methoxy groups -OCH3 is 1. The van der Waals surface area contributed by atoms with Gasteiger partial charge >= 0.3 is 5.97 Å². The minimum absolute atomic E-state index is 0.000411. The predicted octanol–water partition coefficient (Wildman–Crippen LogP) is 0.555. The first kappa shape index (κ1) is 12.8. The van der Waals surface area contributed by atoms with Gasteiger partial charge in [-0.1, -0.05) is 13.8 Å². The molecular weight excluding hydrogens is 224 g/mol. The average Bonchev–Trinajstić information content (AvgIpc) is 2.28. The molecule has 1 N–H and O–H groups in total. The van der Waals surface area contributed by atoms with Crippen LogP contribution in [0.5, 0.6) is 0 Å². The molecule has 2 rings (SSSR count). The summed E-state index contributed by atoms with van der Waals surface area (Å²) < 4.78 is 15.4. The Hall–Kier alpha value is -0.650. The lowest BCUT2D eigenvalue weighted by Gasteiger charge is -2.59. The van der Waals surface area contributed by atoms with Crippen LogP contribution in [0.3, 0.4) is 0 Å². The number of carbonyl (C=O) groups is 1. The smallest absolute Gasteiger partial charge is 0.306 e. The van der Waals surface area contributed by atoms with E-state index in [-0.39, 0.29) is 36.1 Å². The molecule has 0 spiro atoms. The SMILES string of the molecule is COCOC[C@H]1CC(=O)O[C@H]2[C@@H]1[C@H](O)C2(C)C. The molecule has 1 saturated heterocycles. The van der Waals surface area contributed by atoms with Crippen molar-refractivity contribution in [2.24, 2.45) is 17.3 Å². The zero-order valence-corrected chi connectivity index (χ0v) is 10.5. The van der Waals surface area contributed by atoms with Crippen LogP contribution in [0.25, 0.3) is 0 Å². The third-order valence-electron chi connectivity index (χ3n) is 3.97. The van der Waals surface area contributed by atoms with Crippen LogP contribution in [0.2, 0.25) is 0 Å². The van der Waals surface area contributed by atoms with Gasteiger partial charge in [0.2, 0.25) is 0 Å². The van der Waals surface area contributed by atoms with Gasteiger partial charge in [-0.2, -0.15) is 0 Å². The normalized spacial score (nSPS) is 39.2. The van der Waals surface area contributed by atoms with Crippen LogP contribution in [0.4, 0.5) is 0 Å². The second-order valence-corrected chi connectivity index (χ2v) is 5.50. The molecule has 0 amide bonds. The van der Waals surface area contributed by atoms with Crippen molar-refractivity contribution < 1.29 is 24.1 Å². The van der Waals surface area contributed by atoms with Crippen molar-refractivity contribution in [3.05, 3.63) is 0 Å². The third-order valence-corrected chi connectivity index (χ3v) is 3.97. The first-order valence-electron chi connectivity index (χ1n) is 5.92. The molecule has 98 valence electrons. The van der Waals surface area contributed by atoms with Gasteiger partial charge in [-0.25, -0.2) is 0 Å². The van der Waals surface area contributed by atoms with Gasteiger partial charge in [0.1, 0.15) is 12.9 Å². The molecule has 4 atom stereocenters. The highest BCUT2D eigenvalue weighted by Gasteiger charge is 2.62. The van der Waals surface area contributed by atoms with Crippen molar-refractivity contribution >= 4 is 5.97 Å². The fourth-order valence-electron chi connectivity index (χ4n) is 2.94. The van der Waals surface area contributed by atoms with Crippen molar-refractivity contribution in [3.8, 4) is 0 Å². The first-order valence-corrected chi connectivity index (χ1v) is 5.92. The number of carbonyl (C=O) groups excluding carboxylic acids is 1. The molecule has 0 unspecified atom stereocenters.